The Morgan fingerprint density at radius 1 is 1.08 bits per heavy atom. The molecule has 0 N–H and O–H groups in total. The molecule has 8 nitrogen and oxygen atoms in total. The Balaban J connectivity index is 1.84. The van der Waals surface area contributed by atoms with Crippen LogP contribution in [-0.2, 0) is 19.0 Å². The summed E-state index contributed by atoms with van der Waals surface area (Å²) < 4.78 is 20.7. The van der Waals surface area contributed by atoms with E-state index < -0.39 is 21.6 Å². The van der Waals surface area contributed by atoms with Gasteiger partial charge in [0.15, 0.2) is 5.65 Å². The Kier molecular flexibility index (Phi) is 11.5. The molecule has 0 atom stereocenters. The minimum absolute atomic E-state index is 0.0741. The number of hydrogen-bond acceptors (Lipinski definition) is 7. The third-order valence-electron chi connectivity index (χ3n) is 7.52. The number of carbonyl (C=O) groups excluding carboxylic acids is 1. The summed E-state index contributed by atoms with van der Waals surface area (Å²) in [5, 5.41) is 4.67. The van der Waals surface area contributed by atoms with Gasteiger partial charge in [-0.15, -0.1) is 0 Å². The van der Waals surface area contributed by atoms with Crippen LogP contribution in [0.1, 0.15) is 51.1 Å². The quantitative estimate of drug-likeness (QED) is 0.0696. The van der Waals surface area contributed by atoms with Crippen molar-refractivity contribution in [3.05, 3.63) is 21.5 Å². The number of aromatic nitrogens is 3. The zero-order chi connectivity index (χ0) is 28.8. The number of ether oxygens (including phenoxy) is 3. The minimum Gasteiger partial charge on any atom is -0.466 e. The standard InChI is InChI=1S/C28H49IN4O4Si2/c1-9-37-27(34)28(2)12-10-22(11-13-28)24-18-25(33-26(31-24)23(29)19-30-33)32(20-35-14-16-38(3,4)5)21-36-15-17-39(6,7)8/h18-19,22H,9-17,20-21H2,1-8H3. The van der Waals surface area contributed by atoms with Crippen molar-refractivity contribution in [1.29, 1.82) is 0 Å². The van der Waals surface area contributed by atoms with Crippen molar-refractivity contribution in [2.24, 2.45) is 5.41 Å². The lowest BCUT2D eigenvalue weighted by Gasteiger charge is -2.35. The smallest absolute Gasteiger partial charge is 0.311 e. The minimum atomic E-state index is -1.19. The number of carbonyl (C=O) groups is 1. The van der Waals surface area contributed by atoms with Gasteiger partial charge in [0.05, 0.1) is 21.8 Å². The summed E-state index contributed by atoms with van der Waals surface area (Å²) in [7, 11) is -2.38. The zero-order valence-corrected chi connectivity index (χ0v) is 29.5. The molecule has 2 aromatic heterocycles. The van der Waals surface area contributed by atoms with Crippen LogP contribution >= 0.6 is 22.6 Å². The Morgan fingerprint density at radius 3 is 2.15 bits per heavy atom. The molecule has 0 aliphatic heterocycles. The molecule has 0 saturated heterocycles. The van der Waals surface area contributed by atoms with Crippen molar-refractivity contribution in [3.63, 3.8) is 0 Å². The fraction of sp³-hybridized carbons (Fsp3) is 0.750. The van der Waals surface area contributed by atoms with Crippen LogP contribution in [0, 0.1) is 8.99 Å². The molecule has 220 valence electrons. The predicted octanol–water partition coefficient (Wildman–Crippen LogP) is 6.99. The molecule has 2 aromatic rings. The fourth-order valence-electron chi connectivity index (χ4n) is 4.71. The summed E-state index contributed by atoms with van der Waals surface area (Å²) in [4.78, 5) is 19.8. The highest BCUT2D eigenvalue weighted by Gasteiger charge is 2.39. The van der Waals surface area contributed by atoms with Crippen molar-refractivity contribution in [2.75, 3.05) is 38.2 Å². The van der Waals surface area contributed by atoms with E-state index in [0.29, 0.717) is 20.1 Å². The molecule has 2 heterocycles. The molecule has 1 aliphatic carbocycles. The van der Waals surface area contributed by atoms with Crippen LogP contribution in [0.2, 0.25) is 51.4 Å². The second-order valence-electron chi connectivity index (χ2n) is 13.6. The molecule has 1 fully saturated rings. The number of halogens is 1. The molecule has 0 radical (unpaired) electrons. The van der Waals surface area contributed by atoms with Gasteiger partial charge in [-0.05, 0) is 74.2 Å². The van der Waals surface area contributed by atoms with Crippen LogP contribution in [-0.4, -0.2) is 70.0 Å². The van der Waals surface area contributed by atoms with Gasteiger partial charge in [-0.1, -0.05) is 39.3 Å². The molecular weight excluding hydrogens is 639 g/mol. The molecule has 3 rings (SSSR count). The van der Waals surface area contributed by atoms with E-state index >= 15 is 0 Å². The van der Waals surface area contributed by atoms with Crippen LogP contribution in [0.3, 0.4) is 0 Å². The highest BCUT2D eigenvalue weighted by Crippen LogP contribution is 2.44. The monoisotopic (exact) mass is 688 g/mol. The maximum atomic E-state index is 12.6. The van der Waals surface area contributed by atoms with E-state index in [1.54, 1.807) is 0 Å². The Bertz CT molecular complexity index is 1070. The van der Waals surface area contributed by atoms with Crippen molar-refractivity contribution in [3.8, 4) is 0 Å². The molecule has 1 saturated carbocycles. The van der Waals surface area contributed by atoms with Gasteiger partial charge < -0.3 is 19.1 Å². The predicted molar refractivity (Wildman–Crippen MR) is 172 cm³/mol. The normalized spacial score (nSPS) is 20.4. The fourth-order valence-corrected chi connectivity index (χ4v) is 6.70. The van der Waals surface area contributed by atoms with Gasteiger partial charge in [0.25, 0.3) is 0 Å². The largest absolute Gasteiger partial charge is 0.466 e. The number of rotatable bonds is 14. The van der Waals surface area contributed by atoms with Crippen LogP contribution in [0.25, 0.3) is 5.65 Å². The van der Waals surface area contributed by atoms with Crippen LogP contribution < -0.4 is 4.90 Å². The van der Waals surface area contributed by atoms with Gasteiger partial charge >= 0.3 is 5.97 Å². The second kappa shape index (κ2) is 13.8. The molecule has 11 heteroatoms. The zero-order valence-electron chi connectivity index (χ0n) is 25.3. The Labute approximate surface area is 250 Å². The molecule has 0 bridgehead atoms. The molecule has 0 aromatic carbocycles. The van der Waals surface area contributed by atoms with E-state index in [4.69, 9.17) is 19.2 Å². The summed E-state index contributed by atoms with van der Waals surface area (Å²) in [6.45, 7) is 20.9. The topological polar surface area (TPSA) is 78.2 Å². The van der Waals surface area contributed by atoms with Crippen molar-refractivity contribution < 1.29 is 19.0 Å². The van der Waals surface area contributed by atoms with E-state index in [0.717, 1.165) is 71.7 Å². The maximum Gasteiger partial charge on any atom is 0.311 e. The molecule has 0 amide bonds. The Morgan fingerprint density at radius 2 is 1.64 bits per heavy atom. The van der Waals surface area contributed by atoms with E-state index in [2.05, 4.69) is 77.9 Å². The van der Waals surface area contributed by atoms with E-state index in [1.807, 2.05) is 24.6 Å². The lowest BCUT2D eigenvalue weighted by atomic mass is 9.71. The van der Waals surface area contributed by atoms with Crippen LogP contribution in [0.5, 0.6) is 0 Å². The summed E-state index contributed by atoms with van der Waals surface area (Å²) in [5.41, 5.74) is 1.50. The van der Waals surface area contributed by atoms with Crippen LogP contribution in [0.4, 0.5) is 5.82 Å². The van der Waals surface area contributed by atoms with Gasteiger partial charge in [-0.3, -0.25) is 4.79 Å². The third kappa shape index (κ3) is 9.51. The summed E-state index contributed by atoms with van der Waals surface area (Å²) in [5.74, 6) is 1.15. The number of hydrogen-bond donors (Lipinski definition) is 0. The maximum absolute atomic E-state index is 12.6. The summed E-state index contributed by atoms with van der Waals surface area (Å²) in [6.07, 6.45) is 5.28. The van der Waals surface area contributed by atoms with Gasteiger partial charge in [0, 0.05) is 47.0 Å². The first-order valence-corrected chi connectivity index (χ1v) is 22.8. The highest BCUT2D eigenvalue weighted by molar-refractivity contribution is 14.1. The number of nitrogens with zero attached hydrogens (tertiary/aromatic N) is 4. The van der Waals surface area contributed by atoms with Crippen molar-refractivity contribution >= 4 is 56.2 Å². The van der Waals surface area contributed by atoms with Crippen molar-refractivity contribution in [2.45, 2.75) is 96.8 Å². The van der Waals surface area contributed by atoms with Crippen LogP contribution in [0.15, 0.2) is 12.3 Å². The average Bonchev–Trinajstić information content (AvgIpc) is 3.22. The third-order valence-corrected chi connectivity index (χ3v) is 11.7. The first-order valence-electron chi connectivity index (χ1n) is 14.3. The molecule has 1 aliphatic rings. The molecular formula is C28H49IN4O4Si2. The SMILES string of the molecule is CCOC(=O)C1(C)CCC(c2cc(N(COCC[Si](C)(C)C)COCC[Si](C)(C)C)n3ncc(I)c3n2)CC1. The number of esters is 1. The lowest BCUT2D eigenvalue weighted by molar-refractivity contribution is -0.156. The summed E-state index contributed by atoms with van der Waals surface area (Å²) >= 11 is 2.31. The summed E-state index contributed by atoms with van der Waals surface area (Å²) in [6, 6.07) is 4.40. The Hall–Kier alpha value is -1.03. The second-order valence-corrected chi connectivity index (χ2v) is 26.0. The van der Waals surface area contributed by atoms with Gasteiger partial charge in [0.1, 0.15) is 19.3 Å². The van der Waals surface area contributed by atoms with E-state index in [9.17, 15) is 4.79 Å². The highest BCUT2D eigenvalue weighted by atomic mass is 127. The lowest BCUT2D eigenvalue weighted by Crippen LogP contribution is -2.34. The molecule has 39 heavy (non-hydrogen) atoms. The molecule has 0 unspecified atom stereocenters. The first-order chi connectivity index (χ1) is 18.2. The van der Waals surface area contributed by atoms with Gasteiger partial charge in [-0.2, -0.15) is 9.61 Å². The van der Waals surface area contributed by atoms with Gasteiger partial charge in [0.2, 0.25) is 0 Å². The van der Waals surface area contributed by atoms with E-state index in [1.165, 1.54) is 0 Å². The average molecular weight is 689 g/mol. The number of anilines is 1. The van der Waals surface area contributed by atoms with Gasteiger partial charge in [-0.25, -0.2) is 4.98 Å². The van der Waals surface area contributed by atoms with Crippen molar-refractivity contribution in [1.82, 2.24) is 14.6 Å². The van der Waals surface area contributed by atoms with E-state index in [-0.39, 0.29) is 11.9 Å². The first kappa shape index (κ1) is 32.5. The number of fused-ring (bicyclic) bond motifs is 1. The molecule has 0 spiro atoms.